The van der Waals surface area contributed by atoms with E-state index in [1.54, 1.807) is 0 Å². The van der Waals surface area contributed by atoms with Gasteiger partial charge in [-0.15, -0.1) is 5.10 Å². The zero-order valence-electron chi connectivity index (χ0n) is 16.4. The van der Waals surface area contributed by atoms with Crippen LogP contribution in [0.5, 0.6) is 0 Å². The van der Waals surface area contributed by atoms with Crippen LogP contribution in [0.3, 0.4) is 0 Å². The molecule has 1 amide bonds. The highest BCUT2D eigenvalue weighted by molar-refractivity contribution is 5.94. The number of hydrogen-bond acceptors (Lipinski definition) is 4. The molecule has 0 bridgehead atoms. The van der Waals surface area contributed by atoms with E-state index < -0.39 is 5.54 Å². The van der Waals surface area contributed by atoms with Crippen LogP contribution in [-0.2, 0) is 5.54 Å². The molecular weight excluding hydrogens is 350 g/mol. The third kappa shape index (κ3) is 3.30. The van der Waals surface area contributed by atoms with E-state index in [0.29, 0.717) is 11.4 Å². The molecule has 1 aliphatic rings. The zero-order valence-corrected chi connectivity index (χ0v) is 16.4. The largest absolute Gasteiger partial charge is 0.339 e. The van der Waals surface area contributed by atoms with Crippen LogP contribution < -0.4 is 5.32 Å². The number of carbonyl (C=O) groups is 1. The highest BCUT2D eigenvalue weighted by Crippen LogP contribution is 2.37. The maximum atomic E-state index is 13.0. The molecule has 4 rings (SSSR count). The number of para-hydroxylation sites is 1. The lowest BCUT2D eigenvalue weighted by atomic mass is 9.80. The molecule has 0 radical (unpaired) electrons. The third-order valence-corrected chi connectivity index (χ3v) is 5.64. The normalized spacial score (nSPS) is 15.9. The van der Waals surface area contributed by atoms with E-state index in [2.05, 4.69) is 46.8 Å². The Bertz CT molecular complexity index is 953. The summed E-state index contributed by atoms with van der Waals surface area (Å²) in [5.41, 5.74) is 3.28. The first-order chi connectivity index (χ1) is 13.6. The molecule has 3 aromatic rings. The van der Waals surface area contributed by atoms with Crippen molar-refractivity contribution in [2.75, 3.05) is 0 Å². The number of aromatic nitrogens is 4. The fourth-order valence-corrected chi connectivity index (χ4v) is 4.21. The van der Waals surface area contributed by atoms with E-state index in [0.717, 1.165) is 48.9 Å². The average Bonchev–Trinajstić information content (AvgIpc) is 3.19. The Kier molecular flexibility index (Phi) is 4.94. The van der Waals surface area contributed by atoms with Crippen molar-refractivity contribution in [2.24, 2.45) is 0 Å². The van der Waals surface area contributed by atoms with Crippen molar-refractivity contribution in [3.63, 3.8) is 0 Å². The molecular formula is C22H25N5O. The summed E-state index contributed by atoms with van der Waals surface area (Å²) in [5, 5.41) is 16.0. The molecule has 1 heterocycles. The molecule has 1 aliphatic carbocycles. The van der Waals surface area contributed by atoms with E-state index in [1.807, 2.05) is 41.1 Å². The number of aryl methyl sites for hydroxylation is 2. The van der Waals surface area contributed by atoms with Gasteiger partial charge >= 0.3 is 0 Å². The van der Waals surface area contributed by atoms with Crippen molar-refractivity contribution in [1.29, 1.82) is 0 Å². The van der Waals surface area contributed by atoms with Crippen molar-refractivity contribution in [3.05, 3.63) is 71.0 Å². The highest BCUT2D eigenvalue weighted by Gasteiger charge is 2.41. The van der Waals surface area contributed by atoms with Gasteiger partial charge in [-0.3, -0.25) is 4.79 Å². The summed E-state index contributed by atoms with van der Waals surface area (Å²) in [7, 11) is 0. The molecule has 2 aromatic carbocycles. The molecule has 1 fully saturated rings. The number of nitrogens with zero attached hydrogens (tertiary/aromatic N) is 4. The van der Waals surface area contributed by atoms with E-state index in [1.165, 1.54) is 0 Å². The van der Waals surface area contributed by atoms with Crippen LogP contribution in [0, 0.1) is 13.8 Å². The highest BCUT2D eigenvalue weighted by atomic mass is 16.1. The van der Waals surface area contributed by atoms with Gasteiger partial charge in [0.15, 0.2) is 5.82 Å². The predicted molar refractivity (Wildman–Crippen MR) is 107 cm³/mol. The zero-order chi connectivity index (χ0) is 19.6. The van der Waals surface area contributed by atoms with E-state index >= 15 is 0 Å². The van der Waals surface area contributed by atoms with Gasteiger partial charge in [-0.25, -0.2) is 0 Å². The first kappa shape index (κ1) is 18.3. The third-order valence-electron chi connectivity index (χ3n) is 5.64. The number of tetrazole rings is 1. The Morgan fingerprint density at radius 2 is 1.64 bits per heavy atom. The van der Waals surface area contributed by atoms with Crippen molar-refractivity contribution < 1.29 is 4.79 Å². The second-order valence-electron chi connectivity index (χ2n) is 7.62. The molecule has 0 unspecified atom stereocenters. The number of benzene rings is 2. The van der Waals surface area contributed by atoms with Gasteiger partial charge in [0.25, 0.3) is 5.91 Å². The lowest BCUT2D eigenvalue weighted by molar-refractivity contribution is 0.0855. The van der Waals surface area contributed by atoms with Crippen LogP contribution in [0.15, 0.2) is 48.5 Å². The van der Waals surface area contributed by atoms with Gasteiger partial charge < -0.3 is 5.32 Å². The summed E-state index contributed by atoms with van der Waals surface area (Å²) in [5.74, 6) is 0.632. The summed E-state index contributed by atoms with van der Waals surface area (Å²) in [6.07, 6.45) is 4.89. The summed E-state index contributed by atoms with van der Waals surface area (Å²) in [4.78, 5) is 13.0. The maximum absolute atomic E-state index is 13.0. The number of nitrogens with one attached hydrogen (secondary N) is 1. The first-order valence-corrected chi connectivity index (χ1v) is 9.84. The second-order valence-corrected chi connectivity index (χ2v) is 7.62. The molecule has 6 heteroatoms. The van der Waals surface area contributed by atoms with Gasteiger partial charge in [-0.1, -0.05) is 55.7 Å². The number of hydrogen-bond donors (Lipinski definition) is 1. The van der Waals surface area contributed by atoms with Gasteiger partial charge in [-0.2, -0.15) is 4.68 Å². The molecule has 28 heavy (non-hydrogen) atoms. The number of carbonyl (C=O) groups excluding carboxylic acids is 1. The van der Waals surface area contributed by atoms with Crippen molar-refractivity contribution in [3.8, 4) is 5.69 Å². The monoisotopic (exact) mass is 375 g/mol. The molecule has 0 aliphatic heterocycles. The van der Waals surface area contributed by atoms with Crippen LogP contribution in [0.4, 0.5) is 0 Å². The Morgan fingerprint density at radius 1 is 0.964 bits per heavy atom. The summed E-state index contributed by atoms with van der Waals surface area (Å²) in [6.45, 7) is 4.12. The predicted octanol–water partition coefficient (Wildman–Crippen LogP) is 3.87. The van der Waals surface area contributed by atoms with Gasteiger partial charge in [0.2, 0.25) is 0 Å². The first-order valence-electron chi connectivity index (χ1n) is 9.84. The Balaban J connectivity index is 1.78. The van der Waals surface area contributed by atoms with Crippen LogP contribution >= 0.6 is 0 Å². The average molecular weight is 375 g/mol. The summed E-state index contributed by atoms with van der Waals surface area (Å²) >= 11 is 0. The lowest BCUT2D eigenvalue weighted by Gasteiger charge is -2.37. The molecule has 144 valence electrons. The van der Waals surface area contributed by atoms with Crippen molar-refractivity contribution in [1.82, 2.24) is 25.5 Å². The number of rotatable bonds is 4. The minimum absolute atomic E-state index is 0.0847. The van der Waals surface area contributed by atoms with Crippen molar-refractivity contribution >= 4 is 5.91 Å². The SMILES string of the molecule is Cc1cccc(C)c1-n1nnnc1C1(NC(=O)c2ccccc2)CCCCC1. The topological polar surface area (TPSA) is 72.7 Å². The minimum Gasteiger partial charge on any atom is -0.339 e. The molecule has 6 nitrogen and oxygen atoms in total. The Hall–Kier alpha value is -3.02. The standard InChI is InChI=1S/C22H25N5O/c1-16-10-9-11-17(2)19(16)27-21(24-25-26-27)22(14-7-4-8-15-22)23-20(28)18-12-5-3-6-13-18/h3,5-6,9-13H,4,7-8,14-15H2,1-2H3,(H,23,28). The fourth-order valence-electron chi connectivity index (χ4n) is 4.21. The second kappa shape index (κ2) is 7.54. The Morgan fingerprint density at radius 3 is 2.32 bits per heavy atom. The molecule has 0 atom stereocenters. The van der Waals surface area contributed by atoms with Crippen LogP contribution in [0.1, 0.15) is 59.4 Å². The molecule has 1 N–H and O–H groups in total. The van der Waals surface area contributed by atoms with Gasteiger partial charge in [0.05, 0.1) is 5.69 Å². The van der Waals surface area contributed by atoms with Gasteiger partial charge in [-0.05, 0) is 60.4 Å². The molecule has 0 spiro atoms. The molecule has 1 saturated carbocycles. The fraction of sp³-hybridized carbons (Fsp3) is 0.364. The van der Waals surface area contributed by atoms with E-state index in [-0.39, 0.29) is 5.91 Å². The lowest BCUT2D eigenvalue weighted by Crippen LogP contribution is -2.49. The van der Waals surface area contributed by atoms with Crippen LogP contribution in [0.25, 0.3) is 5.69 Å². The molecule has 0 saturated heterocycles. The smallest absolute Gasteiger partial charge is 0.252 e. The van der Waals surface area contributed by atoms with Gasteiger partial charge in [0.1, 0.15) is 5.54 Å². The number of amides is 1. The van der Waals surface area contributed by atoms with Crippen LogP contribution in [0.2, 0.25) is 0 Å². The summed E-state index contributed by atoms with van der Waals surface area (Å²) < 4.78 is 1.82. The summed E-state index contributed by atoms with van der Waals surface area (Å²) in [6, 6.07) is 15.5. The van der Waals surface area contributed by atoms with Crippen molar-refractivity contribution in [2.45, 2.75) is 51.5 Å². The minimum atomic E-state index is -0.566. The Labute approximate surface area is 165 Å². The van der Waals surface area contributed by atoms with E-state index in [4.69, 9.17) is 0 Å². The quantitative estimate of drug-likeness (QED) is 0.751. The van der Waals surface area contributed by atoms with Crippen LogP contribution in [-0.4, -0.2) is 26.1 Å². The van der Waals surface area contributed by atoms with E-state index in [9.17, 15) is 4.79 Å². The maximum Gasteiger partial charge on any atom is 0.252 e. The van der Waals surface area contributed by atoms with Gasteiger partial charge in [0, 0.05) is 5.56 Å². The molecule has 1 aromatic heterocycles.